The Balaban J connectivity index is 1.90. The smallest absolute Gasteiger partial charge is 0.242 e. The SMILES string of the molecule is CCN(C)C(C(=O)NCCOc1ccccc1C)c1ccccc1. The Hall–Kier alpha value is -2.33. The third-order valence-corrected chi connectivity index (χ3v) is 4.06. The van der Waals surface area contributed by atoms with Gasteiger partial charge in [0.2, 0.25) is 5.91 Å². The maximum atomic E-state index is 12.6. The van der Waals surface area contributed by atoms with E-state index < -0.39 is 0 Å². The van der Waals surface area contributed by atoms with Gasteiger partial charge in [0.05, 0.1) is 6.54 Å². The lowest BCUT2D eigenvalue weighted by molar-refractivity contribution is -0.126. The molecule has 0 saturated carbocycles. The normalized spacial score (nSPS) is 12.0. The van der Waals surface area contributed by atoms with E-state index in [9.17, 15) is 4.79 Å². The number of para-hydroxylation sites is 1. The zero-order chi connectivity index (χ0) is 17.4. The predicted molar refractivity (Wildman–Crippen MR) is 97.2 cm³/mol. The Kier molecular flexibility index (Phi) is 6.82. The molecule has 1 unspecified atom stereocenters. The molecule has 4 heteroatoms. The Bertz CT molecular complexity index is 643. The maximum Gasteiger partial charge on any atom is 0.242 e. The molecule has 128 valence electrons. The van der Waals surface area contributed by atoms with Gasteiger partial charge in [-0.1, -0.05) is 55.5 Å². The monoisotopic (exact) mass is 326 g/mol. The maximum absolute atomic E-state index is 12.6. The molecule has 2 aromatic rings. The van der Waals surface area contributed by atoms with Crippen molar-refractivity contribution in [1.82, 2.24) is 10.2 Å². The molecule has 0 radical (unpaired) electrons. The number of aryl methyl sites for hydroxylation is 1. The molecule has 0 aromatic heterocycles. The average Bonchev–Trinajstić information content (AvgIpc) is 2.61. The van der Waals surface area contributed by atoms with E-state index in [0.29, 0.717) is 13.2 Å². The summed E-state index contributed by atoms with van der Waals surface area (Å²) in [6.45, 7) is 5.79. The van der Waals surface area contributed by atoms with Gasteiger partial charge in [-0.15, -0.1) is 0 Å². The van der Waals surface area contributed by atoms with Crippen LogP contribution in [0.25, 0.3) is 0 Å². The Morgan fingerprint density at radius 3 is 2.46 bits per heavy atom. The molecule has 0 aliphatic heterocycles. The quantitative estimate of drug-likeness (QED) is 0.758. The largest absolute Gasteiger partial charge is 0.491 e. The van der Waals surface area contributed by atoms with Crippen molar-refractivity contribution in [3.05, 3.63) is 65.7 Å². The van der Waals surface area contributed by atoms with E-state index in [1.54, 1.807) is 0 Å². The number of hydrogen-bond donors (Lipinski definition) is 1. The minimum absolute atomic E-state index is 0.000987. The summed E-state index contributed by atoms with van der Waals surface area (Å²) in [4.78, 5) is 14.6. The van der Waals surface area contributed by atoms with E-state index in [2.05, 4.69) is 5.32 Å². The van der Waals surface area contributed by atoms with Crippen LogP contribution in [0, 0.1) is 6.92 Å². The molecule has 0 bridgehead atoms. The van der Waals surface area contributed by atoms with Gasteiger partial charge in [0.25, 0.3) is 0 Å². The topological polar surface area (TPSA) is 41.6 Å². The van der Waals surface area contributed by atoms with Crippen LogP contribution in [-0.4, -0.2) is 37.6 Å². The highest BCUT2D eigenvalue weighted by Crippen LogP contribution is 2.19. The summed E-state index contributed by atoms with van der Waals surface area (Å²) in [6.07, 6.45) is 0. The van der Waals surface area contributed by atoms with Gasteiger partial charge >= 0.3 is 0 Å². The second-order valence-electron chi connectivity index (χ2n) is 5.79. The van der Waals surface area contributed by atoms with E-state index in [4.69, 9.17) is 4.74 Å². The summed E-state index contributed by atoms with van der Waals surface area (Å²) >= 11 is 0. The van der Waals surface area contributed by atoms with Crippen LogP contribution in [0.5, 0.6) is 5.75 Å². The number of rotatable bonds is 8. The highest BCUT2D eigenvalue weighted by molar-refractivity contribution is 5.83. The van der Waals surface area contributed by atoms with Crippen LogP contribution in [0.3, 0.4) is 0 Å². The van der Waals surface area contributed by atoms with Gasteiger partial charge < -0.3 is 10.1 Å². The lowest BCUT2D eigenvalue weighted by Crippen LogP contribution is -2.40. The highest BCUT2D eigenvalue weighted by Gasteiger charge is 2.23. The van der Waals surface area contributed by atoms with Crippen molar-refractivity contribution >= 4 is 5.91 Å². The van der Waals surface area contributed by atoms with Crippen LogP contribution in [-0.2, 0) is 4.79 Å². The van der Waals surface area contributed by atoms with Gasteiger partial charge in [0.15, 0.2) is 0 Å². The highest BCUT2D eigenvalue weighted by atomic mass is 16.5. The first-order valence-electron chi connectivity index (χ1n) is 8.34. The van der Waals surface area contributed by atoms with Crippen molar-refractivity contribution < 1.29 is 9.53 Å². The van der Waals surface area contributed by atoms with Gasteiger partial charge in [-0.05, 0) is 37.7 Å². The Morgan fingerprint density at radius 1 is 1.12 bits per heavy atom. The van der Waals surface area contributed by atoms with Crippen LogP contribution in [0.15, 0.2) is 54.6 Å². The van der Waals surface area contributed by atoms with Crippen LogP contribution >= 0.6 is 0 Å². The van der Waals surface area contributed by atoms with E-state index in [1.165, 1.54) is 0 Å². The molecule has 0 aliphatic rings. The minimum Gasteiger partial charge on any atom is -0.491 e. The van der Waals surface area contributed by atoms with Crippen molar-refractivity contribution in [3.63, 3.8) is 0 Å². The molecule has 4 nitrogen and oxygen atoms in total. The van der Waals surface area contributed by atoms with Crippen LogP contribution in [0.1, 0.15) is 24.1 Å². The van der Waals surface area contributed by atoms with Gasteiger partial charge in [0.1, 0.15) is 18.4 Å². The van der Waals surface area contributed by atoms with E-state index >= 15 is 0 Å². The fraction of sp³-hybridized carbons (Fsp3) is 0.350. The summed E-state index contributed by atoms with van der Waals surface area (Å²) in [5.41, 5.74) is 2.09. The molecule has 1 N–H and O–H groups in total. The molecule has 1 atom stereocenters. The first-order chi connectivity index (χ1) is 11.6. The van der Waals surface area contributed by atoms with Gasteiger partial charge in [-0.25, -0.2) is 0 Å². The average molecular weight is 326 g/mol. The minimum atomic E-state index is -0.283. The van der Waals surface area contributed by atoms with Crippen LogP contribution in [0.4, 0.5) is 0 Å². The first-order valence-corrected chi connectivity index (χ1v) is 8.34. The molecule has 0 aliphatic carbocycles. The van der Waals surface area contributed by atoms with E-state index in [1.807, 2.05) is 80.4 Å². The number of nitrogens with zero attached hydrogens (tertiary/aromatic N) is 1. The summed E-state index contributed by atoms with van der Waals surface area (Å²) in [7, 11) is 1.96. The number of hydrogen-bond acceptors (Lipinski definition) is 3. The number of benzene rings is 2. The van der Waals surface area contributed by atoms with Gasteiger partial charge in [0, 0.05) is 0 Å². The number of nitrogens with one attached hydrogen (secondary N) is 1. The lowest BCUT2D eigenvalue weighted by Gasteiger charge is -2.26. The molecule has 0 heterocycles. The number of amides is 1. The van der Waals surface area contributed by atoms with Gasteiger partial charge in [-0.3, -0.25) is 9.69 Å². The molecular weight excluding hydrogens is 300 g/mol. The standard InChI is InChI=1S/C20H26N2O2/c1-4-22(3)19(17-11-6-5-7-12-17)20(23)21-14-15-24-18-13-9-8-10-16(18)2/h5-13,19H,4,14-15H2,1-3H3,(H,21,23). The zero-order valence-corrected chi connectivity index (χ0v) is 14.7. The predicted octanol–water partition coefficient (Wildman–Crippen LogP) is 3.18. The third-order valence-electron chi connectivity index (χ3n) is 4.06. The Morgan fingerprint density at radius 2 is 1.79 bits per heavy atom. The molecule has 0 spiro atoms. The van der Waals surface area contributed by atoms with Crippen LogP contribution < -0.4 is 10.1 Å². The first kappa shape index (κ1) is 18.0. The molecule has 2 rings (SSSR count). The van der Waals surface area contributed by atoms with E-state index in [-0.39, 0.29) is 11.9 Å². The second kappa shape index (κ2) is 9.08. The van der Waals surface area contributed by atoms with Crippen molar-refractivity contribution in [1.29, 1.82) is 0 Å². The molecular formula is C20H26N2O2. The molecule has 24 heavy (non-hydrogen) atoms. The molecule has 0 fully saturated rings. The van der Waals surface area contributed by atoms with Crippen molar-refractivity contribution in [3.8, 4) is 5.75 Å². The zero-order valence-electron chi connectivity index (χ0n) is 14.7. The van der Waals surface area contributed by atoms with E-state index in [0.717, 1.165) is 23.4 Å². The summed E-state index contributed by atoms with van der Waals surface area (Å²) in [5.74, 6) is 0.857. The fourth-order valence-corrected chi connectivity index (χ4v) is 2.57. The van der Waals surface area contributed by atoms with Crippen LogP contribution in [0.2, 0.25) is 0 Å². The molecule has 0 saturated heterocycles. The number of likely N-dealkylation sites (N-methyl/N-ethyl adjacent to an activating group) is 1. The summed E-state index contributed by atoms with van der Waals surface area (Å²) < 4.78 is 5.73. The van der Waals surface area contributed by atoms with Crippen molar-refractivity contribution in [2.75, 3.05) is 26.7 Å². The third kappa shape index (κ3) is 4.83. The van der Waals surface area contributed by atoms with Gasteiger partial charge in [-0.2, -0.15) is 0 Å². The summed E-state index contributed by atoms with van der Waals surface area (Å²) in [5, 5.41) is 2.98. The fourth-order valence-electron chi connectivity index (χ4n) is 2.57. The summed E-state index contributed by atoms with van der Waals surface area (Å²) in [6, 6.07) is 17.4. The molecule has 2 aromatic carbocycles. The Labute approximate surface area is 144 Å². The van der Waals surface area contributed by atoms with Crippen molar-refractivity contribution in [2.45, 2.75) is 19.9 Å². The molecule has 1 amide bonds. The lowest BCUT2D eigenvalue weighted by atomic mass is 10.0. The number of carbonyl (C=O) groups is 1. The van der Waals surface area contributed by atoms with Crippen molar-refractivity contribution in [2.24, 2.45) is 0 Å². The second-order valence-corrected chi connectivity index (χ2v) is 5.79. The number of ether oxygens (including phenoxy) is 1. The number of carbonyl (C=O) groups excluding carboxylic acids is 1.